The standard InChI is InChI=1S/C19H30N2O7/c1-19(2)17(23)21(7-14-10-27-14,15(3-4-22)16-11-28-16)18(24)20(19,5-12-8-25-12)6-13-9-26-13/h12-16,22H,3-11H2,1-2H3/q+2. The molecular weight excluding hydrogens is 368 g/mol. The number of carbonyl (C=O) groups excluding carboxylic acids is 2. The number of carbonyl (C=O) groups is 2. The van der Waals surface area contributed by atoms with Crippen LogP contribution in [0.5, 0.6) is 0 Å². The van der Waals surface area contributed by atoms with Gasteiger partial charge in [-0.2, -0.15) is 9.28 Å². The van der Waals surface area contributed by atoms with E-state index in [1.54, 1.807) is 0 Å². The fraction of sp³-hybridized carbons (Fsp3) is 0.895. The van der Waals surface area contributed by atoms with Crippen molar-refractivity contribution >= 4 is 11.9 Å². The highest BCUT2D eigenvalue weighted by Crippen LogP contribution is 2.48. The number of nitrogens with zero attached hydrogens (tertiary/aromatic N) is 2. The molecule has 5 saturated heterocycles. The molecule has 0 aromatic rings. The van der Waals surface area contributed by atoms with Crippen molar-refractivity contribution in [2.45, 2.75) is 56.3 Å². The topological polar surface area (TPSA) is 104 Å². The minimum absolute atomic E-state index is 0.000386. The molecule has 5 rings (SSSR count). The van der Waals surface area contributed by atoms with Gasteiger partial charge in [-0.3, -0.25) is 0 Å². The second-order valence-electron chi connectivity index (χ2n) is 9.35. The molecule has 0 spiro atoms. The molecule has 1 N–H and O–H groups in total. The summed E-state index contributed by atoms with van der Waals surface area (Å²) >= 11 is 0. The Kier molecular flexibility index (Phi) is 4.27. The highest BCUT2D eigenvalue weighted by molar-refractivity contribution is 5.93. The van der Waals surface area contributed by atoms with E-state index in [4.69, 9.17) is 18.9 Å². The number of epoxide rings is 4. The van der Waals surface area contributed by atoms with Crippen molar-refractivity contribution in [2.24, 2.45) is 0 Å². The van der Waals surface area contributed by atoms with Gasteiger partial charge in [0.2, 0.25) is 5.54 Å². The van der Waals surface area contributed by atoms with Crippen LogP contribution in [0.3, 0.4) is 0 Å². The molecule has 156 valence electrons. The molecule has 5 heterocycles. The zero-order valence-electron chi connectivity index (χ0n) is 16.5. The lowest BCUT2D eigenvalue weighted by Gasteiger charge is -2.37. The summed E-state index contributed by atoms with van der Waals surface area (Å²) in [6.45, 7) is 7.31. The van der Waals surface area contributed by atoms with E-state index in [2.05, 4.69) is 0 Å². The number of imide groups is 1. The fourth-order valence-electron chi connectivity index (χ4n) is 5.25. The summed E-state index contributed by atoms with van der Waals surface area (Å²) in [7, 11) is 0. The zero-order chi connectivity index (χ0) is 19.7. The molecule has 0 saturated carbocycles. The van der Waals surface area contributed by atoms with Crippen molar-refractivity contribution in [1.82, 2.24) is 0 Å². The first kappa shape index (κ1) is 19.0. The Labute approximate surface area is 164 Å². The van der Waals surface area contributed by atoms with Crippen LogP contribution >= 0.6 is 0 Å². The predicted molar refractivity (Wildman–Crippen MR) is 94.1 cm³/mol. The van der Waals surface area contributed by atoms with Gasteiger partial charge in [-0.15, -0.1) is 4.48 Å². The van der Waals surface area contributed by atoms with E-state index in [0.29, 0.717) is 52.5 Å². The van der Waals surface area contributed by atoms with Gasteiger partial charge in [-0.1, -0.05) is 0 Å². The molecule has 6 unspecified atom stereocenters. The van der Waals surface area contributed by atoms with Crippen LogP contribution in [0.25, 0.3) is 0 Å². The Morgan fingerprint density at radius 1 is 0.964 bits per heavy atom. The maximum Gasteiger partial charge on any atom is 0.523 e. The maximum absolute atomic E-state index is 14.3. The van der Waals surface area contributed by atoms with Crippen LogP contribution < -0.4 is 0 Å². The number of ether oxygens (including phenoxy) is 4. The van der Waals surface area contributed by atoms with Crippen molar-refractivity contribution < 1.29 is 42.6 Å². The number of hydrogen-bond donors (Lipinski definition) is 1. The Balaban J connectivity index is 1.61. The van der Waals surface area contributed by atoms with Gasteiger partial charge >= 0.3 is 11.9 Å². The van der Waals surface area contributed by atoms with Crippen LogP contribution in [0.15, 0.2) is 0 Å². The molecule has 9 nitrogen and oxygen atoms in total. The molecule has 5 fully saturated rings. The van der Waals surface area contributed by atoms with Crippen molar-refractivity contribution in [3.63, 3.8) is 0 Å². The first-order valence-corrected chi connectivity index (χ1v) is 10.3. The van der Waals surface area contributed by atoms with E-state index in [9.17, 15) is 14.7 Å². The first-order valence-electron chi connectivity index (χ1n) is 10.3. The van der Waals surface area contributed by atoms with Gasteiger partial charge in [0.1, 0.15) is 50.1 Å². The van der Waals surface area contributed by atoms with Gasteiger partial charge in [-0.05, 0) is 0 Å². The second kappa shape index (κ2) is 6.28. The van der Waals surface area contributed by atoms with Gasteiger partial charge < -0.3 is 24.1 Å². The molecule has 0 aromatic carbocycles. The molecule has 0 aliphatic carbocycles. The van der Waals surface area contributed by atoms with Crippen LogP contribution in [0.4, 0.5) is 4.79 Å². The second-order valence-corrected chi connectivity index (χ2v) is 9.35. The van der Waals surface area contributed by atoms with Crippen LogP contribution in [-0.2, 0) is 23.7 Å². The van der Waals surface area contributed by atoms with Crippen LogP contribution in [-0.4, -0.2) is 115 Å². The third-order valence-electron chi connectivity index (χ3n) is 7.17. The van der Waals surface area contributed by atoms with E-state index >= 15 is 0 Å². The lowest BCUT2D eigenvalue weighted by molar-refractivity contribution is -0.931. The van der Waals surface area contributed by atoms with Gasteiger partial charge in [0.25, 0.3) is 0 Å². The monoisotopic (exact) mass is 398 g/mol. The van der Waals surface area contributed by atoms with E-state index < -0.39 is 5.54 Å². The molecule has 28 heavy (non-hydrogen) atoms. The molecule has 3 amide bonds. The van der Waals surface area contributed by atoms with Crippen LogP contribution in [0.1, 0.15) is 20.3 Å². The molecule has 6 atom stereocenters. The fourth-order valence-corrected chi connectivity index (χ4v) is 5.25. The minimum atomic E-state index is -0.910. The number of aliphatic hydroxyl groups is 1. The van der Waals surface area contributed by atoms with Gasteiger partial charge in [0.05, 0.1) is 26.4 Å². The predicted octanol–water partition coefficient (Wildman–Crippen LogP) is -0.595. The lowest BCUT2D eigenvalue weighted by atomic mass is 9.96. The van der Waals surface area contributed by atoms with E-state index in [1.807, 2.05) is 13.8 Å². The smallest absolute Gasteiger partial charge is 0.396 e. The quantitative estimate of drug-likeness (QED) is 0.298. The summed E-state index contributed by atoms with van der Waals surface area (Å²) in [6.07, 6.45) is 0.0768. The number of hydrogen-bond acceptors (Lipinski definition) is 7. The summed E-state index contributed by atoms with van der Waals surface area (Å²) in [5.74, 6) is -0.0942. The molecule has 0 aromatic heterocycles. The Hall–Kier alpha value is -0.940. The number of urea groups is 1. The molecule has 0 bridgehead atoms. The van der Waals surface area contributed by atoms with Crippen LogP contribution in [0.2, 0.25) is 0 Å². The molecule has 9 heteroatoms. The summed E-state index contributed by atoms with van der Waals surface area (Å²) in [6, 6.07) is -0.487. The van der Waals surface area contributed by atoms with E-state index in [1.165, 1.54) is 0 Å². The molecule has 0 radical (unpaired) electrons. The third kappa shape index (κ3) is 2.79. The normalized spacial score (nSPS) is 46.5. The molecular formula is C19H30N2O7+2. The van der Waals surface area contributed by atoms with Crippen molar-refractivity contribution in [2.75, 3.05) is 52.7 Å². The average molecular weight is 398 g/mol. The number of rotatable bonds is 10. The average Bonchev–Trinajstić information content (AvgIpc) is 3.50. The molecule has 5 aliphatic rings. The largest absolute Gasteiger partial charge is 0.523 e. The Morgan fingerprint density at radius 3 is 1.89 bits per heavy atom. The summed E-state index contributed by atoms with van der Waals surface area (Å²) in [5.41, 5.74) is -0.910. The summed E-state index contributed by atoms with van der Waals surface area (Å²) < 4.78 is 21.7. The number of quaternary nitrogens is 2. The zero-order valence-corrected chi connectivity index (χ0v) is 16.5. The summed E-state index contributed by atoms with van der Waals surface area (Å²) in [4.78, 5) is 28.4. The van der Waals surface area contributed by atoms with Crippen molar-refractivity contribution in [1.29, 1.82) is 0 Å². The van der Waals surface area contributed by atoms with Crippen LogP contribution in [0, 0.1) is 0 Å². The van der Waals surface area contributed by atoms with Gasteiger partial charge in [0, 0.05) is 26.9 Å². The Bertz CT molecular complexity index is 668. The highest BCUT2D eigenvalue weighted by Gasteiger charge is 2.81. The maximum atomic E-state index is 14.3. The lowest BCUT2D eigenvalue weighted by Crippen LogP contribution is -2.67. The minimum Gasteiger partial charge on any atom is -0.396 e. The summed E-state index contributed by atoms with van der Waals surface area (Å²) in [5, 5.41) is 9.72. The Morgan fingerprint density at radius 2 is 1.46 bits per heavy atom. The first-order chi connectivity index (χ1) is 13.3. The number of amides is 3. The SMILES string of the molecule is CC1(C)C(=O)[N+](CC2CO2)(C(CCO)C2CO2)C(=O)[N+]1(CC1CO1)CC1CO1. The van der Waals surface area contributed by atoms with Gasteiger partial charge in [0.15, 0.2) is 0 Å². The molecule has 5 aliphatic heterocycles. The van der Waals surface area contributed by atoms with Crippen molar-refractivity contribution in [3.8, 4) is 0 Å². The van der Waals surface area contributed by atoms with E-state index in [-0.39, 0.29) is 58.0 Å². The number of aliphatic hydroxyl groups excluding tert-OH is 1. The van der Waals surface area contributed by atoms with Crippen molar-refractivity contribution in [3.05, 3.63) is 0 Å². The highest BCUT2D eigenvalue weighted by atomic mass is 16.6. The third-order valence-corrected chi connectivity index (χ3v) is 7.17. The van der Waals surface area contributed by atoms with E-state index in [0.717, 1.165) is 0 Å². The van der Waals surface area contributed by atoms with Gasteiger partial charge in [-0.25, -0.2) is 4.79 Å².